The zero-order valence-electron chi connectivity index (χ0n) is 22.2. The Bertz CT molecular complexity index is 1650. The third-order valence-corrected chi connectivity index (χ3v) is 6.75. The standard InChI is InChI=1S/C32H27ClN2O5/c1-37-29-16-20(17-30(38-2)31(29)39-3)27-18-23(22-12-7-8-14-26(22)35-27)32(36)34-19-24-25(33)13-9-15-28(24)40-21-10-5-4-6-11-21/h4-18H,19H2,1-3H3,(H,34,36). The molecule has 1 aromatic heterocycles. The van der Waals surface area contributed by atoms with Crippen molar-refractivity contribution >= 4 is 28.4 Å². The molecule has 0 bridgehead atoms. The van der Waals surface area contributed by atoms with Gasteiger partial charge in [-0.05, 0) is 48.5 Å². The van der Waals surface area contributed by atoms with Crippen molar-refractivity contribution in [3.05, 3.63) is 107 Å². The number of hydrogen-bond acceptors (Lipinski definition) is 6. The van der Waals surface area contributed by atoms with Gasteiger partial charge in [0.25, 0.3) is 5.91 Å². The second-order valence-electron chi connectivity index (χ2n) is 8.80. The summed E-state index contributed by atoms with van der Waals surface area (Å²) in [5, 5.41) is 4.23. The summed E-state index contributed by atoms with van der Waals surface area (Å²) >= 11 is 6.53. The van der Waals surface area contributed by atoms with E-state index in [1.165, 1.54) is 0 Å². The molecular weight excluding hydrogens is 528 g/mol. The van der Waals surface area contributed by atoms with Gasteiger partial charge in [0.1, 0.15) is 11.5 Å². The number of halogens is 1. The highest BCUT2D eigenvalue weighted by Crippen LogP contribution is 2.41. The normalized spacial score (nSPS) is 10.7. The number of nitrogens with zero attached hydrogens (tertiary/aromatic N) is 1. The number of carbonyl (C=O) groups is 1. The molecule has 4 aromatic carbocycles. The third kappa shape index (κ3) is 5.51. The Hall–Kier alpha value is -4.75. The summed E-state index contributed by atoms with van der Waals surface area (Å²) in [5.74, 6) is 2.41. The van der Waals surface area contributed by atoms with E-state index in [0.717, 1.165) is 5.39 Å². The highest BCUT2D eigenvalue weighted by molar-refractivity contribution is 6.31. The molecule has 0 unspecified atom stereocenters. The molecule has 0 saturated carbocycles. The largest absolute Gasteiger partial charge is 0.493 e. The Balaban J connectivity index is 1.50. The van der Waals surface area contributed by atoms with Crippen LogP contribution in [0.1, 0.15) is 15.9 Å². The Kier molecular flexibility index (Phi) is 8.03. The molecule has 1 N–H and O–H groups in total. The number of nitrogens with one attached hydrogen (secondary N) is 1. The van der Waals surface area contributed by atoms with Crippen LogP contribution in [0.25, 0.3) is 22.2 Å². The van der Waals surface area contributed by atoms with Crippen LogP contribution < -0.4 is 24.3 Å². The topological polar surface area (TPSA) is 78.9 Å². The Morgan fingerprint density at radius 1 is 0.800 bits per heavy atom. The number of methoxy groups -OCH3 is 3. The molecule has 7 nitrogen and oxygen atoms in total. The molecule has 0 radical (unpaired) electrons. The van der Waals surface area contributed by atoms with E-state index >= 15 is 0 Å². The van der Waals surface area contributed by atoms with Gasteiger partial charge in [-0.25, -0.2) is 4.98 Å². The van der Waals surface area contributed by atoms with E-state index < -0.39 is 0 Å². The van der Waals surface area contributed by atoms with Gasteiger partial charge in [-0.1, -0.05) is 54.1 Å². The van der Waals surface area contributed by atoms with E-state index in [-0.39, 0.29) is 12.5 Å². The first-order chi connectivity index (χ1) is 19.5. The van der Waals surface area contributed by atoms with Crippen LogP contribution >= 0.6 is 11.6 Å². The van der Waals surface area contributed by atoms with Gasteiger partial charge in [-0.2, -0.15) is 0 Å². The van der Waals surface area contributed by atoms with Crippen LogP contribution in [0.2, 0.25) is 5.02 Å². The fourth-order valence-electron chi connectivity index (χ4n) is 4.43. The van der Waals surface area contributed by atoms with E-state index in [2.05, 4.69) is 5.32 Å². The van der Waals surface area contributed by atoms with Gasteiger partial charge >= 0.3 is 0 Å². The van der Waals surface area contributed by atoms with Crippen LogP contribution in [0.4, 0.5) is 0 Å². The van der Waals surface area contributed by atoms with Crippen LogP contribution in [-0.4, -0.2) is 32.2 Å². The smallest absolute Gasteiger partial charge is 0.252 e. The van der Waals surface area contributed by atoms with Gasteiger partial charge in [-0.15, -0.1) is 0 Å². The lowest BCUT2D eigenvalue weighted by Gasteiger charge is -2.16. The van der Waals surface area contributed by atoms with Crippen LogP contribution in [-0.2, 0) is 6.54 Å². The lowest BCUT2D eigenvalue weighted by molar-refractivity contribution is 0.0952. The quantitative estimate of drug-likeness (QED) is 0.206. The number of hydrogen-bond donors (Lipinski definition) is 1. The van der Waals surface area contributed by atoms with Crippen molar-refractivity contribution in [2.75, 3.05) is 21.3 Å². The summed E-state index contributed by atoms with van der Waals surface area (Å²) in [5.41, 5.74) is 3.09. The molecule has 0 aliphatic rings. The SMILES string of the molecule is COc1cc(-c2cc(C(=O)NCc3c(Cl)cccc3Oc3ccccc3)c3ccccc3n2)cc(OC)c1OC. The van der Waals surface area contributed by atoms with Gasteiger partial charge in [0.2, 0.25) is 5.75 Å². The van der Waals surface area contributed by atoms with Gasteiger partial charge in [0, 0.05) is 28.1 Å². The average molecular weight is 555 g/mol. The summed E-state index contributed by atoms with van der Waals surface area (Å²) in [6, 6.07) is 27.7. The van der Waals surface area contributed by atoms with Crippen molar-refractivity contribution in [1.29, 1.82) is 0 Å². The molecule has 202 valence electrons. The molecule has 0 aliphatic carbocycles. The number of aromatic nitrogens is 1. The van der Waals surface area contributed by atoms with Crippen molar-refractivity contribution in [3.8, 4) is 40.0 Å². The second-order valence-corrected chi connectivity index (χ2v) is 9.21. The minimum absolute atomic E-state index is 0.164. The molecule has 40 heavy (non-hydrogen) atoms. The summed E-state index contributed by atoms with van der Waals surface area (Å²) in [6.45, 7) is 0.164. The number of pyridine rings is 1. The van der Waals surface area contributed by atoms with E-state index in [1.807, 2.05) is 66.7 Å². The van der Waals surface area contributed by atoms with Gasteiger partial charge in [0.15, 0.2) is 11.5 Å². The minimum Gasteiger partial charge on any atom is -0.493 e. The molecule has 8 heteroatoms. The summed E-state index contributed by atoms with van der Waals surface area (Å²) < 4.78 is 22.6. The number of para-hydroxylation sites is 2. The molecule has 5 aromatic rings. The van der Waals surface area contributed by atoms with E-state index in [1.54, 1.807) is 45.6 Å². The minimum atomic E-state index is -0.280. The van der Waals surface area contributed by atoms with E-state index in [4.69, 9.17) is 35.5 Å². The van der Waals surface area contributed by atoms with Gasteiger partial charge < -0.3 is 24.3 Å². The number of rotatable bonds is 9. The molecular formula is C32H27ClN2O5. The molecule has 0 fully saturated rings. The van der Waals surface area contributed by atoms with E-state index in [9.17, 15) is 4.79 Å². The van der Waals surface area contributed by atoms with Crippen molar-refractivity contribution in [3.63, 3.8) is 0 Å². The van der Waals surface area contributed by atoms with Crippen LogP contribution in [0, 0.1) is 0 Å². The molecule has 0 spiro atoms. The van der Waals surface area contributed by atoms with Crippen molar-refractivity contribution < 1.29 is 23.7 Å². The molecule has 0 aliphatic heterocycles. The molecule has 1 heterocycles. The lowest BCUT2D eigenvalue weighted by Crippen LogP contribution is -2.23. The van der Waals surface area contributed by atoms with Gasteiger partial charge in [-0.3, -0.25) is 4.79 Å². The third-order valence-electron chi connectivity index (χ3n) is 6.39. The molecule has 5 rings (SSSR count). The predicted octanol–water partition coefficient (Wildman–Crippen LogP) is 7.30. The van der Waals surface area contributed by atoms with Crippen molar-refractivity contribution in [2.45, 2.75) is 6.54 Å². The Morgan fingerprint density at radius 2 is 1.50 bits per heavy atom. The maximum Gasteiger partial charge on any atom is 0.252 e. The number of benzene rings is 4. The Labute approximate surface area is 237 Å². The Morgan fingerprint density at radius 3 is 2.20 bits per heavy atom. The van der Waals surface area contributed by atoms with Crippen LogP contribution in [0.15, 0.2) is 91.0 Å². The second kappa shape index (κ2) is 12.0. The number of ether oxygens (including phenoxy) is 4. The number of fused-ring (bicyclic) bond motifs is 1. The zero-order valence-corrected chi connectivity index (χ0v) is 23.0. The molecule has 0 atom stereocenters. The summed E-state index contributed by atoms with van der Waals surface area (Å²) in [4.78, 5) is 18.5. The monoisotopic (exact) mass is 554 g/mol. The number of carbonyl (C=O) groups excluding carboxylic acids is 1. The first kappa shape index (κ1) is 26.8. The van der Waals surface area contributed by atoms with Crippen LogP contribution in [0.5, 0.6) is 28.7 Å². The first-order valence-electron chi connectivity index (χ1n) is 12.5. The zero-order chi connectivity index (χ0) is 28.1. The highest BCUT2D eigenvalue weighted by Gasteiger charge is 2.19. The van der Waals surface area contributed by atoms with Crippen LogP contribution in [0.3, 0.4) is 0 Å². The summed E-state index contributed by atoms with van der Waals surface area (Å²) in [7, 11) is 4.66. The van der Waals surface area contributed by atoms with Crippen molar-refractivity contribution in [2.24, 2.45) is 0 Å². The highest BCUT2D eigenvalue weighted by atomic mass is 35.5. The molecule has 1 amide bonds. The van der Waals surface area contributed by atoms with E-state index in [0.29, 0.717) is 61.7 Å². The maximum atomic E-state index is 13.7. The fraction of sp³-hybridized carbons (Fsp3) is 0.125. The van der Waals surface area contributed by atoms with Crippen molar-refractivity contribution in [1.82, 2.24) is 10.3 Å². The van der Waals surface area contributed by atoms with Gasteiger partial charge in [0.05, 0.1) is 38.1 Å². The fourth-order valence-corrected chi connectivity index (χ4v) is 4.66. The predicted molar refractivity (Wildman–Crippen MR) is 156 cm³/mol. The maximum absolute atomic E-state index is 13.7. The summed E-state index contributed by atoms with van der Waals surface area (Å²) in [6.07, 6.45) is 0. The number of amides is 1. The average Bonchev–Trinajstić information content (AvgIpc) is 2.99. The lowest BCUT2D eigenvalue weighted by atomic mass is 10.0. The first-order valence-corrected chi connectivity index (χ1v) is 12.9. The molecule has 0 saturated heterocycles.